The van der Waals surface area contributed by atoms with Crippen molar-refractivity contribution in [3.63, 3.8) is 0 Å². The highest BCUT2D eigenvalue weighted by Gasteiger charge is 2.26. The first-order valence-electron chi connectivity index (χ1n) is 8.44. The summed E-state index contributed by atoms with van der Waals surface area (Å²) in [4.78, 5) is 16.8. The van der Waals surface area contributed by atoms with Crippen molar-refractivity contribution >= 4 is 23.0 Å². The molecule has 0 spiro atoms. The second-order valence-electron chi connectivity index (χ2n) is 6.25. The normalized spacial score (nSPS) is 16.5. The largest absolute Gasteiger partial charge is 0.397 e. The van der Waals surface area contributed by atoms with Gasteiger partial charge in [-0.2, -0.15) is 0 Å². The van der Waals surface area contributed by atoms with Crippen LogP contribution in [0.25, 0.3) is 0 Å². The second-order valence-corrected chi connectivity index (χ2v) is 6.25. The van der Waals surface area contributed by atoms with Gasteiger partial charge in [0, 0.05) is 31.9 Å². The minimum atomic E-state index is -0.241. The fourth-order valence-electron chi connectivity index (χ4n) is 3.03. The van der Waals surface area contributed by atoms with Crippen molar-refractivity contribution in [2.24, 2.45) is 0 Å². The zero-order valence-electron chi connectivity index (χ0n) is 14.3. The van der Waals surface area contributed by atoms with Gasteiger partial charge in [0.15, 0.2) is 0 Å². The maximum absolute atomic E-state index is 13.0. The summed E-state index contributed by atoms with van der Waals surface area (Å²) in [7, 11) is 0. The molecule has 3 rings (SSSR count). The van der Waals surface area contributed by atoms with Gasteiger partial charge in [0.25, 0.3) is 0 Å². The minimum Gasteiger partial charge on any atom is -0.397 e. The summed E-state index contributed by atoms with van der Waals surface area (Å²) in [5.41, 5.74) is 8.09. The number of nitrogens with one attached hydrogen (secondary N) is 1. The fourth-order valence-corrected chi connectivity index (χ4v) is 3.03. The number of carbonyl (C=O) groups excluding carboxylic acids is 1. The Hall–Kier alpha value is -2.60. The maximum Gasteiger partial charge on any atom is 0.241 e. The lowest BCUT2D eigenvalue weighted by molar-refractivity contribution is -0.120. The first-order valence-corrected chi connectivity index (χ1v) is 8.44. The fraction of sp³-hybridized carbons (Fsp3) is 0.316. The van der Waals surface area contributed by atoms with Gasteiger partial charge in [-0.25, -0.2) is 4.39 Å². The number of carbonyl (C=O) groups is 1. The Bertz CT molecular complexity index is 726. The van der Waals surface area contributed by atoms with Gasteiger partial charge in [0.1, 0.15) is 5.82 Å². The van der Waals surface area contributed by atoms with Crippen LogP contribution in [0.3, 0.4) is 0 Å². The lowest BCUT2D eigenvalue weighted by atomic mass is 10.2. The lowest BCUT2D eigenvalue weighted by Crippen LogP contribution is -2.52. The molecule has 1 aliphatic heterocycles. The number of nitrogens with two attached hydrogens (primary N) is 1. The van der Waals surface area contributed by atoms with E-state index in [1.807, 2.05) is 19.1 Å². The molecule has 0 saturated carbocycles. The summed E-state index contributed by atoms with van der Waals surface area (Å²) >= 11 is 0. The van der Waals surface area contributed by atoms with Crippen LogP contribution in [-0.4, -0.2) is 43.0 Å². The number of amides is 1. The van der Waals surface area contributed by atoms with Gasteiger partial charge in [-0.05, 0) is 43.3 Å². The summed E-state index contributed by atoms with van der Waals surface area (Å²) in [5.74, 6) is -0.291. The summed E-state index contributed by atoms with van der Waals surface area (Å²) in [6.45, 7) is 5.06. The third-order valence-corrected chi connectivity index (χ3v) is 4.65. The van der Waals surface area contributed by atoms with E-state index in [0.29, 0.717) is 11.4 Å². The van der Waals surface area contributed by atoms with E-state index in [9.17, 15) is 9.18 Å². The minimum absolute atomic E-state index is 0.0619. The van der Waals surface area contributed by atoms with E-state index in [1.165, 1.54) is 12.1 Å². The molecular weight excluding hydrogens is 319 g/mol. The number of nitrogen functional groups attached to an aromatic ring is 1. The Morgan fingerprint density at radius 1 is 1.08 bits per heavy atom. The monoisotopic (exact) mass is 342 g/mol. The van der Waals surface area contributed by atoms with Crippen molar-refractivity contribution in [1.82, 2.24) is 4.90 Å². The number of para-hydroxylation sites is 2. The van der Waals surface area contributed by atoms with Gasteiger partial charge in [0.05, 0.1) is 17.4 Å². The van der Waals surface area contributed by atoms with Gasteiger partial charge in [-0.3, -0.25) is 9.69 Å². The molecule has 0 aromatic heterocycles. The first kappa shape index (κ1) is 17.2. The average molecular weight is 342 g/mol. The van der Waals surface area contributed by atoms with Crippen LogP contribution in [0, 0.1) is 5.82 Å². The highest BCUT2D eigenvalue weighted by atomic mass is 19.1. The summed E-state index contributed by atoms with van der Waals surface area (Å²) in [6.07, 6.45) is 0. The van der Waals surface area contributed by atoms with Gasteiger partial charge in [-0.15, -0.1) is 0 Å². The van der Waals surface area contributed by atoms with Gasteiger partial charge < -0.3 is 16.0 Å². The van der Waals surface area contributed by atoms with Crippen molar-refractivity contribution in [2.45, 2.75) is 13.0 Å². The molecule has 1 fully saturated rings. The Labute approximate surface area is 147 Å². The van der Waals surface area contributed by atoms with E-state index in [2.05, 4.69) is 15.1 Å². The van der Waals surface area contributed by atoms with Gasteiger partial charge >= 0.3 is 0 Å². The molecule has 1 saturated heterocycles. The van der Waals surface area contributed by atoms with E-state index >= 15 is 0 Å². The number of benzene rings is 2. The molecule has 1 amide bonds. The van der Waals surface area contributed by atoms with Crippen molar-refractivity contribution in [3.8, 4) is 0 Å². The second kappa shape index (κ2) is 7.53. The van der Waals surface area contributed by atoms with Crippen LogP contribution in [0.15, 0.2) is 48.5 Å². The standard InChI is InChI=1S/C19H23FN4O/c1-14(19(25)22-18-5-3-2-4-17(18)21)23-10-12-24(13-11-23)16-8-6-15(20)7-9-16/h2-9,14H,10-13,21H2,1H3,(H,22,25). The Kier molecular flexibility index (Phi) is 5.19. The molecule has 1 aliphatic rings. The smallest absolute Gasteiger partial charge is 0.241 e. The van der Waals surface area contributed by atoms with E-state index < -0.39 is 0 Å². The SMILES string of the molecule is CC(C(=O)Nc1ccccc1N)N1CCN(c2ccc(F)cc2)CC1. The molecule has 25 heavy (non-hydrogen) atoms. The number of piperazine rings is 1. The van der Waals surface area contributed by atoms with Crippen molar-refractivity contribution < 1.29 is 9.18 Å². The average Bonchev–Trinajstić information content (AvgIpc) is 2.64. The Morgan fingerprint density at radius 3 is 2.36 bits per heavy atom. The molecule has 1 atom stereocenters. The van der Waals surface area contributed by atoms with Gasteiger partial charge in [0.2, 0.25) is 5.91 Å². The topological polar surface area (TPSA) is 61.6 Å². The molecular formula is C19H23FN4O. The summed E-state index contributed by atoms with van der Waals surface area (Å²) in [5, 5.41) is 2.90. The van der Waals surface area contributed by atoms with Crippen LogP contribution in [0.2, 0.25) is 0 Å². The molecule has 2 aromatic rings. The zero-order valence-corrected chi connectivity index (χ0v) is 14.3. The number of hydrogen-bond donors (Lipinski definition) is 2. The zero-order chi connectivity index (χ0) is 17.8. The number of anilines is 3. The number of nitrogens with zero attached hydrogens (tertiary/aromatic N) is 2. The highest BCUT2D eigenvalue weighted by Crippen LogP contribution is 2.20. The Morgan fingerprint density at radius 2 is 1.72 bits per heavy atom. The third kappa shape index (κ3) is 4.09. The number of rotatable bonds is 4. The highest BCUT2D eigenvalue weighted by molar-refractivity contribution is 5.97. The van der Waals surface area contributed by atoms with Crippen LogP contribution in [0.4, 0.5) is 21.5 Å². The third-order valence-electron chi connectivity index (χ3n) is 4.65. The predicted molar refractivity (Wildman–Crippen MR) is 99.1 cm³/mol. The maximum atomic E-state index is 13.0. The number of halogens is 1. The Balaban J connectivity index is 1.56. The molecule has 2 aromatic carbocycles. The van der Waals surface area contributed by atoms with Crippen molar-refractivity contribution in [2.75, 3.05) is 42.1 Å². The quantitative estimate of drug-likeness (QED) is 0.839. The molecule has 0 aliphatic carbocycles. The van der Waals surface area contributed by atoms with Crippen LogP contribution in [0.5, 0.6) is 0 Å². The molecule has 5 nitrogen and oxygen atoms in total. The van der Waals surface area contributed by atoms with Crippen molar-refractivity contribution in [1.29, 1.82) is 0 Å². The molecule has 3 N–H and O–H groups in total. The molecule has 0 bridgehead atoms. The summed E-state index contributed by atoms with van der Waals surface area (Å²) in [6, 6.07) is 13.5. The first-order chi connectivity index (χ1) is 12.0. The lowest BCUT2D eigenvalue weighted by Gasteiger charge is -2.38. The van der Waals surface area contributed by atoms with E-state index in [-0.39, 0.29) is 17.8 Å². The van der Waals surface area contributed by atoms with Crippen LogP contribution in [0.1, 0.15) is 6.92 Å². The molecule has 0 radical (unpaired) electrons. The van der Waals surface area contributed by atoms with Crippen LogP contribution < -0.4 is 16.0 Å². The van der Waals surface area contributed by atoms with E-state index in [0.717, 1.165) is 31.9 Å². The molecule has 132 valence electrons. The molecule has 1 heterocycles. The van der Waals surface area contributed by atoms with Gasteiger partial charge in [-0.1, -0.05) is 12.1 Å². The van der Waals surface area contributed by atoms with Crippen LogP contribution in [-0.2, 0) is 4.79 Å². The predicted octanol–water partition coefficient (Wildman–Crippen LogP) is 2.56. The summed E-state index contributed by atoms with van der Waals surface area (Å²) < 4.78 is 13.0. The molecule has 1 unspecified atom stereocenters. The van der Waals surface area contributed by atoms with E-state index in [4.69, 9.17) is 5.73 Å². The van der Waals surface area contributed by atoms with Crippen LogP contribution >= 0.6 is 0 Å². The van der Waals surface area contributed by atoms with Crippen molar-refractivity contribution in [3.05, 3.63) is 54.3 Å². The molecule has 6 heteroatoms. The number of hydrogen-bond acceptors (Lipinski definition) is 4. The van der Waals surface area contributed by atoms with E-state index in [1.54, 1.807) is 24.3 Å².